The zero-order valence-corrected chi connectivity index (χ0v) is 16.2. The molecule has 0 heterocycles. The highest BCUT2D eigenvalue weighted by Gasteiger charge is 2.16. The van der Waals surface area contributed by atoms with Gasteiger partial charge in [-0.05, 0) is 31.1 Å². The Morgan fingerprint density at radius 1 is 1.17 bits per heavy atom. The molecular weight excluding hydrogens is 333 g/mol. The third kappa shape index (κ3) is 8.56. The van der Waals surface area contributed by atoms with Crippen molar-refractivity contribution in [1.82, 2.24) is 10.2 Å². The molecule has 4 nitrogen and oxygen atoms in total. The fraction of sp³-hybridized carbons (Fsp3) is 0.588. The monoisotopic (exact) mass is 363 g/mol. The summed E-state index contributed by atoms with van der Waals surface area (Å²) in [6, 6.07) is 8.26. The number of nitrogens with one attached hydrogen (secondary N) is 1. The smallest absolute Gasteiger partial charge is 0.224 e. The SMILES string of the molecule is CCN(CC)Cc1cccc(CNC(=O)C(C)C(C)N)c1.Cl.Cl. The fourth-order valence-electron chi connectivity index (χ4n) is 2.13. The number of amides is 1. The topological polar surface area (TPSA) is 58.4 Å². The molecule has 1 amide bonds. The van der Waals surface area contributed by atoms with Gasteiger partial charge in [-0.1, -0.05) is 45.0 Å². The Balaban J connectivity index is 0. The maximum absolute atomic E-state index is 11.9. The van der Waals surface area contributed by atoms with E-state index in [1.165, 1.54) is 5.56 Å². The number of hydrogen-bond donors (Lipinski definition) is 2. The van der Waals surface area contributed by atoms with E-state index in [1.54, 1.807) is 0 Å². The predicted octanol–water partition coefficient (Wildman–Crippen LogP) is 2.97. The molecule has 2 unspecified atom stereocenters. The lowest BCUT2D eigenvalue weighted by Gasteiger charge is -2.19. The summed E-state index contributed by atoms with van der Waals surface area (Å²) in [4.78, 5) is 14.3. The Bertz CT molecular complexity index is 451. The van der Waals surface area contributed by atoms with Crippen molar-refractivity contribution in [1.29, 1.82) is 0 Å². The van der Waals surface area contributed by atoms with Crippen LogP contribution in [0.25, 0.3) is 0 Å². The van der Waals surface area contributed by atoms with Crippen LogP contribution in [0.5, 0.6) is 0 Å². The van der Waals surface area contributed by atoms with Gasteiger partial charge in [0.25, 0.3) is 0 Å². The van der Waals surface area contributed by atoms with Gasteiger partial charge in [0.15, 0.2) is 0 Å². The van der Waals surface area contributed by atoms with Crippen LogP contribution < -0.4 is 11.1 Å². The van der Waals surface area contributed by atoms with E-state index in [4.69, 9.17) is 5.73 Å². The summed E-state index contributed by atoms with van der Waals surface area (Å²) in [5.41, 5.74) is 8.16. The highest BCUT2D eigenvalue weighted by atomic mass is 35.5. The fourth-order valence-corrected chi connectivity index (χ4v) is 2.13. The van der Waals surface area contributed by atoms with Crippen molar-refractivity contribution in [2.75, 3.05) is 13.1 Å². The summed E-state index contributed by atoms with van der Waals surface area (Å²) >= 11 is 0. The number of hydrogen-bond acceptors (Lipinski definition) is 3. The summed E-state index contributed by atoms with van der Waals surface area (Å²) < 4.78 is 0. The van der Waals surface area contributed by atoms with Gasteiger partial charge in [0.05, 0.1) is 0 Å². The van der Waals surface area contributed by atoms with E-state index >= 15 is 0 Å². The summed E-state index contributed by atoms with van der Waals surface area (Å²) in [6.07, 6.45) is 0. The lowest BCUT2D eigenvalue weighted by molar-refractivity contribution is -0.125. The molecule has 0 aliphatic rings. The van der Waals surface area contributed by atoms with Crippen LogP contribution in [-0.4, -0.2) is 29.9 Å². The second-order valence-corrected chi connectivity index (χ2v) is 5.65. The van der Waals surface area contributed by atoms with Crippen molar-refractivity contribution >= 4 is 30.7 Å². The molecule has 6 heteroatoms. The molecule has 1 aromatic rings. The normalized spacial score (nSPS) is 12.8. The molecule has 1 aromatic carbocycles. The van der Waals surface area contributed by atoms with Crippen LogP contribution in [0.15, 0.2) is 24.3 Å². The number of benzene rings is 1. The molecule has 134 valence electrons. The lowest BCUT2D eigenvalue weighted by atomic mass is 10.0. The van der Waals surface area contributed by atoms with Gasteiger partial charge < -0.3 is 11.1 Å². The van der Waals surface area contributed by atoms with Crippen LogP contribution >= 0.6 is 24.8 Å². The van der Waals surface area contributed by atoms with Crippen molar-refractivity contribution in [3.63, 3.8) is 0 Å². The van der Waals surface area contributed by atoms with E-state index in [0.29, 0.717) is 6.54 Å². The van der Waals surface area contributed by atoms with E-state index < -0.39 is 0 Å². The minimum absolute atomic E-state index is 0. The molecule has 0 aromatic heterocycles. The molecule has 0 bridgehead atoms. The lowest BCUT2D eigenvalue weighted by Crippen LogP contribution is -2.38. The van der Waals surface area contributed by atoms with Gasteiger partial charge in [0.1, 0.15) is 0 Å². The maximum atomic E-state index is 11.9. The van der Waals surface area contributed by atoms with Crippen molar-refractivity contribution < 1.29 is 4.79 Å². The van der Waals surface area contributed by atoms with E-state index in [0.717, 1.165) is 25.2 Å². The summed E-state index contributed by atoms with van der Waals surface area (Å²) in [6.45, 7) is 11.7. The Morgan fingerprint density at radius 3 is 2.26 bits per heavy atom. The van der Waals surface area contributed by atoms with Crippen LogP contribution in [0, 0.1) is 5.92 Å². The zero-order chi connectivity index (χ0) is 15.8. The molecule has 0 aliphatic heterocycles. The number of carbonyl (C=O) groups is 1. The van der Waals surface area contributed by atoms with Crippen LogP contribution in [0.4, 0.5) is 0 Å². The van der Waals surface area contributed by atoms with Crippen molar-refractivity contribution in [3.8, 4) is 0 Å². The van der Waals surface area contributed by atoms with Gasteiger partial charge in [-0.2, -0.15) is 0 Å². The number of rotatable bonds is 8. The van der Waals surface area contributed by atoms with Gasteiger partial charge in [-0.3, -0.25) is 9.69 Å². The number of carbonyl (C=O) groups excluding carboxylic acids is 1. The van der Waals surface area contributed by atoms with E-state index in [9.17, 15) is 4.79 Å². The van der Waals surface area contributed by atoms with Gasteiger partial charge in [0, 0.05) is 25.0 Å². The Hall–Kier alpha value is -0.810. The molecule has 0 spiro atoms. The summed E-state index contributed by atoms with van der Waals surface area (Å²) in [7, 11) is 0. The molecule has 0 saturated carbocycles. The molecule has 0 radical (unpaired) electrons. The van der Waals surface area contributed by atoms with Crippen molar-refractivity contribution in [2.45, 2.75) is 46.8 Å². The molecule has 2 atom stereocenters. The van der Waals surface area contributed by atoms with Gasteiger partial charge in [0.2, 0.25) is 5.91 Å². The van der Waals surface area contributed by atoms with Crippen LogP contribution in [-0.2, 0) is 17.9 Å². The molecule has 0 aliphatic carbocycles. The first-order valence-electron chi connectivity index (χ1n) is 7.81. The maximum Gasteiger partial charge on any atom is 0.224 e. The number of nitrogens with zero attached hydrogens (tertiary/aromatic N) is 1. The highest BCUT2D eigenvalue weighted by molar-refractivity contribution is 5.85. The van der Waals surface area contributed by atoms with Crippen LogP contribution in [0.2, 0.25) is 0 Å². The average molecular weight is 364 g/mol. The Labute approximate surface area is 153 Å². The van der Waals surface area contributed by atoms with Gasteiger partial charge in [-0.25, -0.2) is 0 Å². The van der Waals surface area contributed by atoms with Crippen LogP contribution in [0.1, 0.15) is 38.8 Å². The van der Waals surface area contributed by atoms with Crippen LogP contribution in [0.3, 0.4) is 0 Å². The quantitative estimate of drug-likeness (QED) is 0.746. The molecular formula is C17H31Cl2N3O. The van der Waals surface area contributed by atoms with Crippen molar-refractivity contribution in [2.24, 2.45) is 11.7 Å². The molecule has 0 fully saturated rings. The molecule has 0 saturated heterocycles. The molecule has 23 heavy (non-hydrogen) atoms. The van der Waals surface area contributed by atoms with Gasteiger partial charge >= 0.3 is 0 Å². The third-order valence-corrected chi connectivity index (χ3v) is 3.96. The second kappa shape index (κ2) is 12.6. The largest absolute Gasteiger partial charge is 0.352 e. The zero-order valence-electron chi connectivity index (χ0n) is 14.5. The third-order valence-electron chi connectivity index (χ3n) is 3.96. The summed E-state index contributed by atoms with van der Waals surface area (Å²) in [5.74, 6) is -0.150. The first-order chi connectivity index (χ1) is 9.97. The average Bonchev–Trinajstić information content (AvgIpc) is 2.49. The first kappa shape index (κ1) is 24.4. The number of halogens is 2. The van der Waals surface area contributed by atoms with E-state index in [2.05, 4.69) is 42.3 Å². The standard InChI is InChI=1S/C17H29N3O.2ClH/c1-5-20(6-2)12-16-9-7-8-15(10-16)11-19-17(21)13(3)14(4)18;;/h7-10,13-14H,5-6,11-12,18H2,1-4H3,(H,19,21);2*1H. The predicted molar refractivity (Wildman–Crippen MR) is 102 cm³/mol. The van der Waals surface area contributed by atoms with E-state index in [1.807, 2.05) is 19.9 Å². The Kier molecular flexibility index (Phi) is 13.4. The minimum Gasteiger partial charge on any atom is -0.352 e. The second-order valence-electron chi connectivity index (χ2n) is 5.65. The van der Waals surface area contributed by atoms with Gasteiger partial charge in [-0.15, -0.1) is 24.8 Å². The van der Waals surface area contributed by atoms with E-state index in [-0.39, 0.29) is 42.7 Å². The Morgan fingerprint density at radius 2 is 1.74 bits per heavy atom. The first-order valence-corrected chi connectivity index (χ1v) is 7.81. The highest BCUT2D eigenvalue weighted by Crippen LogP contribution is 2.09. The summed E-state index contributed by atoms with van der Waals surface area (Å²) in [5, 5.41) is 2.96. The molecule has 3 N–H and O–H groups in total. The molecule has 1 rings (SSSR count). The number of nitrogens with two attached hydrogens (primary N) is 1. The van der Waals surface area contributed by atoms with Crippen molar-refractivity contribution in [3.05, 3.63) is 35.4 Å². The minimum atomic E-state index is -0.163.